The number of hydrogen-bond donors (Lipinski definition) is 2. The summed E-state index contributed by atoms with van der Waals surface area (Å²) in [6.07, 6.45) is 1.37. The highest BCUT2D eigenvalue weighted by molar-refractivity contribution is 9.10. The van der Waals surface area contributed by atoms with Crippen LogP contribution in [-0.4, -0.2) is 18.5 Å². The lowest BCUT2D eigenvalue weighted by Gasteiger charge is -2.09. The van der Waals surface area contributed by atoms with Gasteiger partial charge in [-0.1, -0.05) is 11.6 Å². The molecular weight excluding hydrogens is 356 g/mol. The van der Waals surface area contributed by atoms with Gasteiger partial charge in [-0.25, -0.2) is 13.4 Å². The average molecular weight is 364 g/mol. The molecule has 0 spiro atoms. The van der Waals surface area contributed by atoms with Crippen molar-refractivity contribution < 1.29 is 13.5 Å². The monoisotopic (exact) mass is 362 g/mol. The van der Waals surface area contributed by atoms with Crippen LogP contribution >= 0.6 is 27.5 Å². The van der Waals surface area contributed by atoms with Crippen LogP contribution in [0.5, 0.6) is 5.75 Å². The van der Waals surface area contributed by atoms with Gasteiger partial charge in [0, 0.05) is 10.7 Å². The number of sulfonamides is 1. The van der Waals surface area contributed by atoms with Crippen LogP contribution in [0.2, 0.25) is 5.02 Å². The summed E-state index contributed by atoms with van der Waals surface area (Å²) in [7, 11) is -3.84. The smallest absolute Gasteiger partial charge is 0.263 e. The fourth-order valence-corrected chi connectivity index (χ4v) is 3.00. The molecule has 0 aliphatic heterocycles. The van der Waals surface area contributed by atoms with Crippen molar-refractivity contribution in [3.63, 3.8) is 0 Å². The van der Waals surface area contributed by atoms with Gasteiger partial charge in [-0.05, 0) is 46.3 Å². The van der Waals surface area contributed by atoms with E-state index in [9.17, 15) is 13.5 Å². The van der Waals surface area contributed by atoms with Crippen LogP contribution in [0.4, 0.5) is 5.82 Å². The standard InChI is InChI=1S/C11H8BrClN2O3S/c12-8-6-7(3-4-9(8)13)19(17,18)15-11-10(16)2-1-5-14-11/h1-6,16H,(H,14,15). The fourth-order valence-electron chi connectivity index (χ4n) is 1.31. The number of nitrogens with one attached hydrogen (secondary N) is 1. The molecule has 0 saturated carbocycles. The van der Waals surface area contributed by atoms with Crippen LogP contribution in [0.25, 0.3) is 0 Å². The zero-order valence-electron chi connectivity index (χ0n) is 9.34. The Kier molecular flexibility index (Phi) is 3.98. The summed E-state index contributed by atoms with van der Waals surface area (Å²) in [5.74, 6) is -0.382. The first kappa shape index (κ1) is 14.1. The maximum atomic E-state index is 12.1. The number of halogens is 2. The van der Waals surface area contributed by atoms with Gasteiger partial charge in [0.2, 0.25) is 0 Å². The molecule has 0 fully saturated rings. The summed E-state index contributed by atoms with van der Waals surface area (Å²) in [5, 5.41) is 9.90. The Labute approximate surface area is 123 Å². The van der Waals surface area contributed by atoms with Crippen molar-refractivity contribution in [2.45, 2.75) is 4.90 Å². The zero-order chi connectivity index (χ0) is 14.0. The van der Waals surface area contributed by atoms with E-state index in [0.717, 1.165) is 0 Å². The summed E-state index contributed by atoms with van der Waals surface area (Å²) in [6, 6.07) is 7.01. The number of rotatable bonds is 3. The second-order valence-corrected chi connectivity index (χ2v) is 6.50. The SMILES string of the molecule is O=S(=O)(Nc1ncccc1O)c1ccc(Cl)c(Br)c1. The molecule has 0 aliphatic rings. The van der Waals surface area contributed by atoms with Crippen molar-refractivity contribution in [1.29, 1.82) is 0 Å². The Morgan fingerprint density at radius 2 is 2.05 bits per heavy atom. The average Bonchev–Trinajstić information content (AvgIpc) is 2.35. The predicted octanol–water partition coefficient (Wildman–Crippen LogP) is 3.00. The van der Waals surface area contributed by atoms with E-state index >= 15 is 0 Å². The molecule has 0 unspecified atom stereocenters. The number of nitrogens with zero attached hydrogens (tertiary/aromatic N) is 1. The van der Waals surface area contributed by atoms with Crippen molar-refractivity contribution in [1.82, 2.24) is 4.98 Å². The third-order valence-corrected chi connectivity index (χ3v) is 4.77. The molecule has 2 rings (SSSR count). The maximum absolute atomic E-state index is 12.1. The van der Waals surface area contributed by atoms with E-state index in [1.165, 1.54) is 36.5 Å². The molecule has 0 atom stereocenters. The number of anilines is 1. The van der Waals surface area contributed by atoms with Gasteiger partial charge in [0.1, 0.15) is 0 Å². The highest BCUT2D eigenvalue weighted by Crippen LogP contribution is 2.27. The van der Waals surface area contributed by atoms with Crippen LogP contribution in [0, 0.1) is 0 Å². The summed E-state index contributed by atoms with van der Waals surface area (Å²) in [6.45, 7) is 0. The van der Waals surface area contributed by atoms with E-state index < -0.39 is 10.0 Å². The van der Waals surface area contributed by atoms with Gasteiger partial charge < -0.3 is 5.11 Å². The van der Waals surface area contributed by atoms with Crippen LogP contribution < -0.4 is 4.72 Å². The van der Waals surface area contributed by atoms with Crippen LogP contribution in [-0.2, 0) is 10.0 Å². The molecule has 2 aromatic rings. The largest absolute Gasteiger partial charge is 0.504 e. The molecule has 0 aliphatic carbocycles. The molecule has 0 saturated heterocycles. The summed E-state index contributed by atoms with van der Waals surface area (Å²) < 4.78 is 26.8. The molecule has 1 aromatic heterocycles. The van der Waals surface area contributed by atoms with E-state index in [1.54, 1.807) is 0 Å². The predicted molar refractivity (Wildman–Crippen MR) is 75.9 cm³/mol. The topological polar surface area (TPSA) is 79.3 Å². The zero-order valence-corrected chi connectivity index (χ0v) is 12.5. The Morgan fingerprint density at radius 3 is 2.68 bits per heavy atom. The lowest BCUT2D eigenvalue weighted by atomic mass is 10.4. The number of aromatic nitrogens is 1. The van der Waals surface area contributed by atoms with E-state index in [4.69, 9.17) is 11.6 Å². The fraction of sp³-hybridized carbons (Fsp3) is 0. The molecular formula is C11H8BrClN2O3S. The summed E-state index contributed by atoms with van der Waals surface area (Å²) in [5.41, 5.74) is 0. The first-order valence-electron chi connectivity index (χ1n) is 5.02. The second kappa shape index (κ2) is 5.36. The van der Waals surface area contributed by atoms with Gasteiger partial charge in [-0.15, -0.1) is 0 Å². The first-order valence-corrected chi connectivity index (χ1v) is 7.67. The van der Waals surface area contributed by atoms with Gasteiger partial charge in [0.15, 0.2) is 11.6 Å². The van der Waals surface area contributed by atoms with Gasteiger partial charge in [0.05, 0.1) is 9.92 Å². The molecule has 8 heteroatoms. The molecule has 5 nitrogen and oxygen atoms in total. The number of aromatic hydroxyl groups is 1. The van der Waals surface area contributed by atoms with Gasteiger partial charge in [-0.2, -0.15) is 0 Å². The molecule has 19 heavy (non-hydrogen) atoms. The van der Waals surface area contributed by atoms with Crippen LogP contribution in [0.1, 0.15) is 0 Å². The van der Waals surface area contributed by atoms with Crippen molar-refractivity contribution in [2.24, 2.45) is 0 Å². The summed E-state index contributed by atoms with van der Waals surface area (Å²) in [4.78, 5) is 3.76. The summed E-state index contributed by atoms with van der Waals surface area (Å²) >= 11 is 8.95. The van der Waals surface area contributed by atoms with Crippen molar-refractivity contribution in [3.05, 3.63) is 46.0 Å². The quantitative estimate of drug-likeness (QED) is 0.878. The second-order valence-electron chi connectivity index (χ2n) is 3.55. The van der Waals surface area contributed by atoms with Crippen molar-refractivity contribution in [2.75, 3.05) is 4.72 Å². The minimum absolute atomic E-state index is 0.00817. The van der Waals surface area contributed by atoms with E-state index in [2.05, 4.69) is 25.6 Å². The molecule has 1 aromatic carbocycles. The number of pyridine rings is 1. The Hall–Kier alpha value is -1.31. The lowest BCUT2D eigenvalue weighted by Crippen LogP contribution is -2.14. The Morgan fingerprint density at radius 1 is 1.32 bits per heavy atom. The Bertz CT molecular complexity index is 722. The third-order valence-electron chi connectivity index (χ3n) is 2.22. The van der Waals surface area contributed by atoms with Crippen LogP contribution in [0.3, 0.4) is 0 Å². The molecule has 0 radical (unpaired) electrons. The van der Waals surface area contributed by atoms with Crippen LogP contribution in [0.15, 0.2) is 45.9 Å². The van der Waals surface area contributed by atoms with Gasteiger partial charge >= 0.3 is 0 Å². The Balaban J connectivity index is 2.38. The maximum Gasteiger partial charge on any atom is 0.263 e. The molecule has 0 bridgehead atoms. The highest BCUT2D eigenvalue weighted by Gasteiger charge is 2.17. The lowest BCUT2D eigenvalue weighted by molar-refractivity contribution is 0.475. The molecule has 0 amide bonds. The van der Waals surface area contributed by atoms with Crippen molar-refractivity contribution >= 4 is 43.4 Å². The van der Waals surface area contributed by atoms with E-state index in [1.807, 2.05) is 0 Å². The first-order chi connectivity index (χ1) is 8.90. The number of hydrogen-bond acceptors (Lipinski definition) is 4. The number of benzene rings is 1. The molecule has 1 heterocycles. The minimum atomic E-state index is -3.84. The van der Waals surface area contributed by atoms with E-state index in [-0.39, 0.29) is 16.5 Å². The molecule has 100 valence electrons. The van der Waals surface area contributed by atoms with E-state index in [0.29, 0.717) is 9.50 Å². The third kappa shape index (κ3) is 3.17. The minimum Gasteiger partial charge on any atom is -0.504 e. The highest BCUT2D eigenvalue weighted by atomic mass is 79.9. The van der Waals surface area contributed by atoms with Gasteiger partial charge in [0.25, 0.3) is 10.0 Å². The molecule has 2 N–H and O–H groups in total. The normalized spacial score (nSPS) is 11.3. The van der Waals surface area contributed by atoms with Crippen molar-refractivity contribution in [3.8, 4) is 5.75 Å². The van der Waals surface area contributed by atoms with Gasteiger partial charge in [-0.3, -0.25) is 4.72 Å².